The van der Waals surface area contributed by atoms with Crippen LogP contribution in [-0.4, -0.2) is 27.4 Å². The normalized spacial score (nSPS) is 22.1. The Labute approximate surface area is 84.7 Å². The molecule has 14 heavy (non-hydrogen) atoms. The van der Waals surface area contributed by atoms with E-state index in [1.54, 1.807) is 0 Å². The van der Waals surface area contributed by atoms with Gasteiger partial charge in [0.15, 0.2) is 0 Å². The number of rotatable bonds is 3. The first kappa shape index (κ1) is 9.65. The SMILES string of the molecule is CC(C)n1cnnc1CC1CCCN1. The molecule has 0 spiro atoms. The summed E-state index contributed by atoms with van der Waals surface area (Å²) in [6.07, 6.45) is 5.40. The molecule has 2 heterocycles. The van der Waals surface area contributed by atoms with E-state index in [4.69, 9.17) is 0 Å². The molecule has 1 aliphatic rings. The van der Waals surface area contributed by atoms with Crippen molar-refractivity contribution in [2.45, 2.75) is 45.2 Å². The van der Waals surface area contributed by atoms with Gasteiger partial charge in [0.05, 0.1) is 0 Å². The topological polar surface area (TPSA) is 42.7 Å². The maximum Gasteiger partial charge on any atom is 0.134 e. The van der Waals surface area contributed by atoms with Crippen LogP contribution in [0, 0.1) is 0 Å². The van der Waals surface area contributed by atoms with Gasteiger partial charge in [0.1, 0.15) is 12.2 Å². The third-order valence-corrected chi connectivity index (χ3v) is 2.79. The average molecular weight is 194 g/mol. The minimum Gasteiger partial charge on any atom is -0.315 e. The summed E-state index contributed by atoms with van der Waals surface area (Å²) in [5, 5.41) is 11.6. The maximum atomic E-state index is 4.17. The molecule has 0 aromatic carbocycles. The fourth-order valence-electron chi connectivity index (χ4n) is 2.00. The van der Waals surface area contributed by atoms with E-state index in [9.17, 15) is 0 Å². The average Bonchev–Trinajstić information content (AvgIpc) is 2.75. The molecule has 0 aliphatic carbocycles. The Morgan fingerprint density at radius 3 is 3.14 bits per heavy atom. The highest BCUT2D eigenvalue weighted by molar-refractivity contribution is 4.93. The van der Waals surface area contributed by atoms with Crippen LogP contribution in [0.15, 0.2) is 6.33 Å². The number of nitrogens with one attached hydrogen (secondary N) is 1. The number of nitrogens with zero attached hydrogens (tertiary/aromatic N) is 3. The molecule has 2 rings (SSSR count). The Bertz CT molecular complexity index is 286. The van der Waals surface area contributed by atoms with Crippen molar-refractivity contribution in [1.82, 2.24) is 20.1 Å². The predicted octanol–water partition coefficient (Wildman–Crippen LogP) is 1.15. The van der Waals surface area contributed by atoms with E-state index in [2.05, 4.69) is 33.9 Å². The zero-order valence-electron chi connectivity index (χ0n) is 8.90. The van der Waals surface area contributed by atoms with Crippen molar-refractivity contribution in [3.8, 4) is 0 Å². The number of aromatic nitrogens is 3. The van der Waals surface area contributed by atoms with Gasteiger partial charge in [0, 0.05) is 18.5 Å². The van der Waals surface area contributed by atoms with Crippen LogP contribution in [0.1, 0.15) is 38.6 Å². The highest BCUT2D eigenvalue weighted by atomic mass is 15.3. The lowest BCUT2D eigenvalue weighted by molar-refractivity contribution is 0.522. The van der Waals surface area contributed by atoms with Crippen molar-refractivity contribution in [2.75, 3.05) is 6.54 Å². The summed E-state index contributed by atoms with van der Waals surface area (Å²) in [6.45, 7) is 5.48. The Hall–Kier alpha value is -0.900. The van der Waals surface area contributed by atoms with Gasteiger partial charge in [-0.2, -0.15) is 0 Å². The maximum absolute atomic E-state index is 4.17. The van der Waals surface area contributed by atoms with E-state index in [0.29, 0.717) is 12.1 Å². The summed E-state index contributed by atoms with van der Waals surface area (Å²) in [5.74, 6) is 1.11. The third kappa shape index (κ3) is 1.95. The van der Waals surface area contributed by atoms with E-state index < -0.39 is 0 Å². The smallest absolute Gasteiger partial charge is 0.134 e. The van der Waals surface area contributed by atoms with Crippen molar-refractivity contribution in [3.63, 3.8) is 0 Å². The molecule has 0 saturated carbocycles. The standard InChI is InChI=1S/C10H18N4/c1-8(2)14-7-12-13-10(14)6-9-4-3-5-11-9/h7-9,11H,3-6H2,1-2H3. The fraction of sp³-hybridized carbons (Fsp3) is 0.800. The summed E-state index contributed by atoms with van der Waals surface area (Å²) < 4.78 is 2.15. The van der Waals surface area contributed by atoms with Gasteiger partial charge >= 0.3 is 0 Å². The number of hydrogen-bond donors (Lipinski definition) is 1. The molecule has 1 aliphatic heterocycles. The molecule has 1 atom stereocenters. The van der Waals surface area contributed by atoms with Crippen molar-refractivity contribution in [3.05, 3.63) is 12.2 Å². The fourth-order valence-corrected chi connectivity index (χ4v) is 2.00. The lowest BCUT2D eigenvalue weighted by Crippen LogP contribution is -2.25. The number of hydrogen-bond acceptors (Lipinski definition) is 3. The minimum absolute atomic E-state index is 0.460. The second-order valence-corrected chi connectivity index (χ2v) is 4.25. The lowest BCUT2D eigenvalue weighted by atomic mass is 10.1. The lowest BCUT2D eigenvalue weighted by Gasteiger charge is -2.13. The van der Waals surface area contributed by atoms with Crippen LogP contribution in [-0.2, 0) is 6.42 Å². The van der Waals surface area contributed by atoms with Crippen molar-refractivity contribution in [1.29, 1.82) is 0 Å². The van der Waals surface area contributed by atoms with Gasteiger partial charge in [0.25, 0.3) is 0 Å². The summed E-state index contributed by atoms with van der Waals surface area (Å²) in [5.41, 5.74) is 0. The molecule has 1 aromatic heterocycles. The Balaban J connectivity index is 2.04. The monoisotopic (exact) mass is 194 g/mol. The van der Waals surface area contributed by atoms with Gasteiger partial charge in [-0.15, -0.1) is 10.2 Å². The molecule has 4 heteroatoms. The van der Waals surface area contributed by atoms with Gasteiger partial charge in [-0.3, -0.25) is 0 Å². The molecule has 1 unspecified atom stereocenters. The largest absolute Gasteiger partial charge is 0.315 e. The van der Waals surface area contributed by atoms with E-state index in [-0.39, 0.29) is 0 Å². The van der Waals surface area contributed by atoms with Gasteiger partial charge in [-0.1, -0.05) is 0 Å². The molecule has 0 radical (unpaired) electrons. The molecule has 0 bridgehead atoms. The van der Waals surface area contributed by atoms with Crippen LogP contribution in [0.4, 0.5) is 0 Å². The van der Waals surface area contributed by atoms with Gasteiger partial charge in [0.2, 0.25) is 0 Å². The van der Waals surface area contributed by atoms with E-state index >= 15 is 0 Å². The second kappa shape index (κ2) is 4.09. The van der Waals surface area contributed by atoms with Gasteiger partial charge in [-0.05, 0) is 33.2 Å². The first-order chi connectivity index (χ1) is 6.77. The van der Waals surface area contributed by atoms with Crippen LogP contribution in [0.25, 0.3) is 0 Å². The summed E-state index contributed by atoms with van der Waals surface area (Å²) in [7, 11) is 0. The van der Waals surface area contributed by atoms with Crippen molar-refractivity contribution < 1.29 is 0 Å². The van der Waals surface area contributed by atoms with Crippen LogP contribution in [0.2, 0.25) is 0 Å². The predicted molar refractivity (Wildman–Crippen MR) is 55.1 cm³/mol. The highest BCUT2D eigenvalue weighted by Gasteiger charge is 2.17. The highest BCUT2D eigenvalue weighted by Crippen LogP contribution is 2.13. The Morgan fingerprint density at radius 2 is 2.50 bits per heavy atom. The van der Waals surface area contributed by atoms with E-state index in [1.807, 2.05) is 6.33 Å². The molecule has 0 amide bonds. The Kier molecular flexibility index (Phi) is 2.82. The molecule has 1 saturated heterocycles. The van der Waals surface area contributed by atoms with E-state index in [0.717, 1.165) is 18.8 Å². The third-order valence-electron chi connectivity index (χ3n) is 2.79. The van der Waals surface area contributed by atoms with E-state index in [1.165, 1.54) is 12.8 Å². The van der Waals surface area contributed by atoms with Crippen LogP contribution in [0.5, 0.6) is 0 Å². The minimum atomic E-state index is 0.460. The molecule has 78 valence electrons. The van der Waals surface area contributed by atoms with Crippen LogP contribution < -0.4 is 5.32 Å². The molecule has 1 fully saturated rings. The first-order valence-corrected chi connectivity index (χ1v) is 5.39. The Morgan fingerprint density at radius 1 is 1.64 bits per heavy atom. The summed E-state index contributed by atoms with van der Waals surface area (Å²) in [6, 6.07) is 1.07. The van der Waals surface area contributed by atoms with Gasteiger partial charge < -0.3 is 9.88 Å². The van der Waals surface area contributed by atoms with Crippen molar-refractivity contribution >= 4 is 0 Å². The quantitative estimate of drug-likeness (QED) is 0.785. The zero-order chi connectivity index (χ0) is 9.97. The molecule has 4 nitrogen and oxygen atoms in total. The molecular weight excluding hydrogens is 176 g/mol. The molecule has 1 N–H and O–H groups in total. The second-order valence-electron chi connectivity index (χ2n) is 4.25. The van der Waals surface area contributed by atoms with Gasteiger partial charge in [-0.25, -0.2) is 0 Å². The molecular formula is C10H18N4. The summed E-state index contributed by atoms with van der Waals surface area (Å²) in [4.78, 5) is 0. The first-order valence-electron chi connectivity index (χ1n) is 5.39. The summed E-state index contributed by atoms with van der Waals surface area (Å²) >= 11 is 0. The van der Waals surface area contributed by atoms with Crippen LogP contribution >= 0.6 is 0 Å². The zero-order valence-corrected chi connectivity index (χ0v) is 8.90. The van der Waals surface area contributed by atoms with Crippen LogP contribution in [0.3, 0.4) is 0 Å². The van der Waals surface area contributed by atoms with Crippen molar-refractivity contribution in [2.24, 2.45) is 0 Å². The molecule has 1 aromatic rings.